The fourth-order valence-electron chi connectivity index (χ4n) is 6.90. The fourth-order valence-corrected chi connectivity index (χ4v) is 7.65. The Kier molecular flexibility index (Phi) is 7.83. The number of amides is 2. The van der Waals surface area contributed by atoms with E-state index >= 15 is 0 Å². The van der Waals surface area contributed by atoms with Gasteiger partial charge in [-0.1, -0.05) is 19.6 Å². The SMILES string of the molecule is C[C@@H]1CC[C@H](C)N2CCC(=O)C3CCC(NC32)N2C(=O)N(COCC[Si](C)(C)C)C3NCCC(O1)C32. The third-order valence-electron chi connectivity index (χ3n) is 9.02. The molecule has 6 unspecified atom stereocenters. The van der Waals surface area contributed by atoms with E-state index < -0.39 is 8.07 Å². The Hall–Kier alpha value is -1.04. The van der Waals surface area contributed by atoms with Gasteiger partial charge < -0.3 is 9.47 Å². The molecule has 0 aliphatic carbocycles. The van der Waals surface area contributed by atoms with Gasteiger partial charge in [-0.15, -0.1) is 0 Å². The number of carbonyl (C=O) groups is 2. The number of ether oxygens (including phenoxy) is 2. The van der Waals surface area contributed by atoms with Gasteiger partial charge >= 0.3 is 6.03 Å². The Bertz CT molecular complexity index is 825. The van der Waals surface area contributed by atoms with Gasteiger partial charge in [-0.2, -0.15) is 0 Å². The number of nitrogens with zero attached hydrogens (tertiary/aromatic N) is 3. The fraction of sp³-hybridized carbons (Fsp3) is 0.923. The van der Waals surface area contributed by atoms with Crippen molar-refractivity contribution in [2.45, 2.75) is 121 Å². The summed E-state index contributed by atoms with van der Waals surface area (Å²) >= 11 is 0. The molecule has 9 nitrogen and oxygen atoms in total. The van der Waals surface area contributed by atoms with Crippen molar-refractivity contribution in [3.8, 4) is 0 Å². The standard InChI is InChI=1S/C26H47N5O4Si/c1-17-6-7-18(2)35-21-10-12-27-25-23(21)31(26(33)30(25)16-34-14-15-36(3,4)5)22-9-8-19-20(32)11-13-29(17)24(19)28-22/h17-19,21-25,27-28H,6-16H2,1-5H3/t17-,18+,19?,21?,22?,23?,24?,25?/m0/s1. The van der Waals surface area contributed by atoms with Crippen LogP contribution in [0.5, 0.6) is 0 Å². The minimum atomic E-state index is -1.20. The maximum absolute atomic E-state index is 14.0. The van der Waals surface area contributed by atoms with Crippen LogP contribution in [0, 0.1) is 5.92 Å². The van der Waals surface area contributed by atoms with Gasteiger partial charge in [0.25, 0.3) is 0 Å². The summed E-state index contributed by atoms with van der Waals surface area (Å²) in [6, 6.07) is 1.39. The monoisotopic (exact) mass is 521 g/mol. The molecule has 0 saturated carbocycles. The molecule has 2 bridgehead atoms. The van der Waals surface area contributed by atoms with Crippen molar-refractivity contribution in [2.75, 3.05) is 26.4 Å². The number of ketones is 1. The predicted octanol–water partition coefficient (Wildman–Crippen LogP) is 2.61. The third-order valence-corrected chi connectivity index (χ3v) is 10.7. The van der Waals surface area contributed by atoms with Crippen molar-refractivity contribution in [3.63, 3.8) is 0 Å². The number of urea groups is 1. The van der Waals surface area contributed by atoms with Gasteiger partial charge in [-0.05, 0) is 58.5 Å². The van der Waals surface area contributed by atoms with Crippen molar-refractivity contribution in [2.24, 2.45) is 5.92 Å². The first-order chi connectivity index (χ1) is 17.1. The predicted molar refractivity (Wildman–Crippen MR) is 141 cm³/mol. The zero-order chi connectivity index (χ0) is 25.6. The van der Waals surface area contributed by atoms with E-state index in [1.54, 1.807) is 0 Å². The molecule has 5 aliphatic rings. The number of piperidine rings is 3. The lowest BCUT2D eigenvalue weighted by Gasteiger charge is -2.51. The minimum Gasteiger partial charge on any atom is -0.373 e. The quantitative estimate of drug-likeness (QED) is 0.425. The molecule has 0 spiro atoms. The van der Waals surface area contributed by atoms with E-state index in [-0.39, 0.29) is 48.7 Å². The molecule has 0 aromatic rings. The van der Waals surface area contributed by atoms with E-state index in [1.807, 2.05) is 4.90 Å². The number of hydrogen-bond acceptors (Lipinski definition) is 7. The Balaban J connectivity index is 1.41. The second kappa shape index (κ2) is 10.6. The average Bonchev–Trinajstić information content (AvgIpc) is 3.11. The topological polar surface area (TPSA) is 86.4 Å². The van der Waals surface area contributed by atoms with Gasteiger partial charge in [0, 0.05) is 39.6 Å². The molecule has 0 aromatic heterocycles. The van der Waals surface area contributed by atoms with Crippen LogP contribution in [-0.4, -0.2) is 104 Å². The van der Waals surface area contributed by atoms with Crippen molar-refractivity contribution in [1.82, 2.24) is 25.3 Å². The summed E-state index contributed by atoms with van der Waals surface area (Å²) in [4.78, 5) is 33.3. The Morgan fingerprint density at radius 3 is 2.64 bits per heavy atom. The van der Waals surface area contributed by atoms with Gasteiger partial charge in [-0.25, -0.2) is 4.79 Å². The Labute approximate surface area is 217 Å². The summed E-state index contributed by atoms with van der Waals surface area (Å²) in [5, 5.41) is 7.43. The maximum atomic E-state index is 14.0. The normalized spacial score (nSPS) is 40.0. The van der Waals surface area contributed by atoms with E-state index in [0.717, 1.165) is 51.2 Å². The smallest absolute Gasteiger partial charge is 0.324 e. The zero-order valence-electron chi connectivity index (χ0n) is 22.9. The van der Waals surface area contributed by atoms with Crippen molar-refractivity contribution >= 4 is 19.9 Å². The number of Topliss-reactive ketones (excluding diaryl/α,β-unsaturated/α-hetero) is 1. The molecule has 2 amide bonds. The van der Waals surface area contributed by atoms with Gasteiger partial charge in [0.05, 0.1) is 30.6 Å². The van der Waals surface area contributed by atoms with E-state index in [4.69, 9.17) is 9.47 Å². The van der Waals surface area contributed by atoms with Gasteiger partial charge in [0.2, 0.25) is 0 Å². The lowest BCUT2D eigenvalue weighted by molar-refractivity contribution is -0.137. The molecule has 5 rings (SSSR count). The van der Waals surface area contributed by atoms with Crippen LogP contribution < -0.4 is 10.6 Å². The highest BCUT2D eigenvalue weighted by Crippen LogP contribution is 2.38. The second-order valence-corrected chi connectivity index (χ2v) is 18.5. The second-order valence-electron chi connectivity index (χ2n) is 12.9. The molecule has 2 N–H and O–H groups in total. The molecule has 36 heavy (non-hydrogen) atoms. The summed E-state index contributed by atoms with van der Waals surface area (Å²) < 4.78 is 12.8. The van der Waals surface area contributed by atoms with Gasteiger partial charge in [0.15, 0.2) is 0 Å². The highest BCUT2D eigenvalue weighted by molar-refractivity contribution is 6.76. The van der Waals surface area contributed by atoms with Crippen molar-refractivity contribution in [1.29, 1.82) is 0 Å². The van der Waals surface area contributed by atoms with Crippen LogP contribution in [0.4, 0.5) is 4.79 Å². The molecule has 10 heteroatoms. The number of nitrogens with one attached hydrogen (secondary N) is 2. The van der Waals surface area contributed by atoms with E-state index in [0.29, 0.717) is 31.6 Å². The number of rotatable bonds is 5. The molecule has 0 aromatic carbocycles. The van der Waals surface area contributed by atoms with Crippen molar-refractivity contribution in [3.05, 3.63) is 0 Å². The minimum absolute atomic E-state index is 0.000977. The van der Waals surface area contributed by atoms with E-state index in [1.165, 1.54) is 0 Å². The number of fused-ring (bicyclic) bond motifs is 2. The van der Waals surface area contributed by atoms with Gasteiger partial charge in [-0.3, -0.25) is 30.1 Å². The number of carbonyl (C=O) groups excluding carboxylic acids is 2. The first-order valence-electron chi connectivity index (χ1n) is 14.2. The van der Waals surface area contributed by atoms with Gasteiger partial charge in [0.1, 0.15) is 18.7 Å². The first kappa shape index (κ1) is 26.6. The Morgan fingerprint density at radius 2 is 1.86 bits per heavy atom. The van der Waals surface area contributed by atoms with Crippen LogP contribution in [0.2, 0.25) is 25.7 Å². The zero-order valence-corrected chi connectivity index (χ0v) is 23.9. The Morgan fingerprint density at radius 1 is 1.06 bits per heavy atom. The third kappa shape index (κ3) is 5.26. The first-order valence-corrected chi connectivity index (χ1v) is 17.9. The summed E-state index contributed by atoms with van der Waals surface area (Å²) in [5.41, 5.74) is 0. The molecule has 5 fully saturated rings. The highest BCUT2D eigenvalue weighted by atomic mass is 28.3. The lowest BCUT2D eigenvalue weighted by atomic mass is 9.83. The molecule has 204 valence electrons. The molecular formula is C26H47N5O4Si. The summed E-state index contributed by atoms with van der Waals surface area (Å²) in [5.74, 6) is 0.391. The summed E-state index contributed by atoms with van der Waals surface area (Å²) in [6.07, 6.45) is 5.04. The lowest BCUT2D eigenvalue weighted by Crippen LogP contribution is -2.69. The van der Waals surface area contributed by atoms with Crippen LogP contribution in [0.1, 0.15) is 52.4 Å². The molecule has 8 atom stereocenters. The molecule has 5 heterocycles. The molecular weight excluding hydrogens is 474 g/mol. The van der Waals surface area contributed by atoms with Crippen LogP contribution in [0.3, 0.4) is 0 Å². The molecule has 5 saturated heterocycles. The van der Waals surface area contributed by atoms with Crippen LogP contribution in [0.25, 0.3) is 0 Å². The van der Waals surface area contributed by atoms with Crippen LogP contribution in [-0.2, 0) is 14.3 Å². The molecule has 0 radical (unpaired) electrons. The maximum Gasteiger partial charge on any atom is 0.324 e. The van der Waals surface area contributed by atoms with Crippen LogP contribution in [0.15, 0.2) is 0 Å². The van der Waals surface area contributed by atoms with Crippen molar-refractivity contribution < 1.29 is 19.1 Å². The highest BCUT2D eigenvalue weighted by Gasteiger charge is 2.56. The van der Waals surface area contributed by atoms with Crippen LogP contribution >= 0.6 is 0 Å². The number of hydrogen-bond donors (Lipinski definition) is 2. The summed E-state index contributed by atoms with van der Waals surface area (Å²) in [6.45, 7) is 14.1. The molecule has 5 aliphatic heterocycles. The van der Waals surface area contributed by atoms with E-state index in [9.17, 15) is 9.59 Å². The summed E-state index contributed by atoms with van der Waals surface area (Å²) in [7, 11) is -1.20. The largest absolute Gasteiger partial charge is 0.373 e. The average molecular weight is 522 g/mol. The van der Waals surface area contributed by atoms with E-state index in [2.05, 4.69) is 53.9 Å².